The highest BCUT2D eigenvalue weighted by Gasteiger charge is 2.60. The van der Waals surface area contributed by atoms with Gasteiger partial charge in [0, 0.05) is 19.8 Å². The first-order valence-electron chi connectivity index (χ1n) is 38.2. The maximum absolute atomic E-state index is 13.5. The molecule has 23 heteroatoms. The van der Waals surface area contributed by atoms with Gasteiger partial charge in [-0.3, -0.25) is 9.59 Å². The van der Waals surface area contributed by atoms with E-state index in [1.165, 1.54) is 173 Å². The third-order valence-electron chi connectivity index (χ3n) is 19.4. The number of carboxylic acid groups (broad SMARTS) is 1. The van der Waals surface area contributed by atoms with Crippen molar-refractivity contribution in [2.45, 2.75) is 400 Å². The minimum Gasteiger partial charge on any atom is -0.477 e. The summed E-state index contributed by atoms with van der Waals surface area (Å²) >= 11 is 0. The number of allylic oxidation sites excluding steroid dienone is 3. The zero-order valence-electron chi connectivity index (χ0n) is 59.7. The molecule has 3 saturated heterocycles. The van der Waals surface area contributed by atoms with Gasteiger partial charge in [-0.1, -0.05) is 250 Å². The minimum absolute atomic E-state index is 0.196. The summed E-state index contributed by atoms with van der Waals surface area (Å²) in [4.78, 5) is 38.6. The van der Waals surface area contributed by atoms with E-state index in [4.69, 9.17) is 28.4 Å². The van der Waals surface area contributed by atoms with Gasteiger partial charge in [-0.15, -0.1) is 0 Å². The van der Waals surface area contributed by atoms with Crippen molar-refractivity contribution in [3.63, 3.8) is 0 Å². The van der Waals surface area contributed by atoms with Crippen molar-refractivity contribution < 1.29 is 104 Å². The van der Waals surface area contributed by atoms with E-state index in [0.29, 0.717) is 12.8 Å². The van der Waals surface area contributed by atoms with Crippen molar-refractivity contribution in [3.8, 4) is 0 Å². The van der Waals surface area contributed by atoms with E-state index in [2.05, 4.69) is 36.6 Å². The number of carboxylic acids is 1. The fourth-order valence-electron chi connectivity index (χ4n) is 13.3. The number of carbonyl (C=O) groups excluding carboxylic acids is 2. The highest BCUT2D eigenvalue weighted by atomic mass is 16.8. The second kappa shape index (κ2) is 53.9. The van der Waals surface area contributed by atoms with Gasteiger partial charge in [-0.2, -0.15) is 0 Å². The number of unbranched alkanes of at least 4 members (excludes halogenated alkanes) is 37. The van der Waals surface area contributed by atoms with E-state index in [1.54, 1.807) is 6.08 Å². The maximum atomic E-state index is 13.5. The number of amides is 2. The average molecular weight is 1390 g/mol. The number of hydrogen-bond acceptors (Lipinski definition) is 20. The van der Waals surface area contributed by atoms with Crippen molar-refractivity contribution in [1.82, 2.24) is 10.6 Å². The number of carbonyl (C=O) groups is 3. The van der Waals surface area contributed by atoms with Gasteiger partial charge < -0.3 is 100 Å². The van der Waals surface area contributed by atoms with Gasteiger partial charge in [-0.05, 0) is 44.9 Å². The first kappa shape index (κ1) is 88.4. The van der Waals surface area contributed by atoms with Gasteiger partial charge in [0.05, 0.1) is 50.7 Å². The van der Waals surface area contributed by atoms with Crippen LogP contribution in [0.2, 0.25) is 0 Å². The Labute approximate surface area is 581 Å². The smallest absolute Gasteiger partial charge is 0.364 e. The summed E-state index contributed by atoms with van der Waals surface area (Å²) in [5.41, 5.74) is 0. The van der Waals surface area contributed by atoms with E-state index in [-0.39, 0.29) is 12.3 Å². The Hall–Kier alpha value is -2.79. The Kier molecular flexibility index (Phi) is 49.2. The molecule has 0 bridgehead atoms. The summed E-state index contributed by atoms with van der Waals surface area (Å²) in [5.74, 6) is -6.14. The van der Waals surface area contributed by atoms with Gasteiger partial charge in [0.1, 0.15) is 67.1 Å². The Balaban J connectivity index is 1.56. The van der Waals surface area contributed by atoms with Crippen LogP contribution in [0.4, 0.5) is 0 Å². The summed E-state index contributed by atoms with van der Waals surface area (Å²) in [6.45, 7) is 2.17. The molecule has 0 radical (unpaired) electrons. The topological polar surface area (TPSA) is 373 Å². The molecule has 18 unspecified atom stereocenters. The molecule has 97 heavy (non-hydrogen) atoms. The summed E-state index contributed by atoms with van der Waals surface area (Å²) in [7, 11) is 0. The third-order valence-corrected chi connectivity index (χ3v) is 19.4. The monoisotopic (exact) mass is 1390 g/mol. The van der Waals surface area contributed by atoms with Crippen LogP contribution in [0.1, 0.15) is 290 Å². The molecular weight excluding hydrogens is 1250 g/mol. The molecular formula is C74H136N2O21. The molecule has 14 N–H and O–H groups in total. The second-order valence-corrected chi connectivity index (χ2v) is 27.9. The van der Waals surface area contributed by atoms with Gasteiger partial charge in [0.15, 0.2) is 12.6 Å². The largest absolute Gasteiger partial charge is 0.477 e. The third kappa shape index (κ3) is 35.3. The molecule has 3 heterocycles. The predicted molar refractivity (Wildman–Crippen MR) is 371 cm³/mol. The van der Waals surface area contributed by atoms with Crippen molar-refractivity contribution in [1.29, 1.82) is 0 Å². The molecule has 3 aliphatic rings. The summed E-state index contributed by atoms with van der Waals surface area (Å²) in [6.07, 6.45) is 27.8. The SMILES string of the molecule is CCCCCCCCCCCCC/C=C\CCCCCCCCCC(=O)NC(COC1OC(CO)C(OC2OC(CO)C(O)C(OC3(C(=O)O)CC(O)C(NC(C)=O)C(C(O)C(O)CO)O3)C2O)C(O)C1O)C(O)/C=C/CCCCCCCCCCCCCCCCCCCCC. The zero-order valence-corrected chi connectivity index (χ0v) is 59.7. The van der Waals surface area contributed by atoms with E-state index in [0.717, 1.165) is 77.6 Å². The molecule has 3 rings (SSSR count). The number of ether oxygens (including phenoxy) is 6. The second-order valence-electron chi connectivity index (χ2n) is 27.9. The fraction of sp³-hybridized carbons (Fsp3) is 0.905. The molecule has 0 aliphatic carbocycles. The van der Waals surface area contributed by atoms with Crippen LogP contribution in [-0.2, 0) is 42.8 Å². The van der Waals surface area contributed by atoms with Crippen LogP contribution in [0.25, 0.3) is 0 Å². The van der Waals surface area contributed by atoms with Crippen LogP contribution in [0.3, 0.4) is 0 Å². The van der Waals surface area contributed by atoms with Crippen molar-refractivity contribution in [3.05, 3.63) is 24.3 Å². The molecule has 0 aromatic carbocycles. The minimum atomic E-state index is -3.08. The van der Waals surface area contributed by atoms with Gasteiger partial charge >= 0.3 is 5.97 Å². The van der Waals surface area contributed by atoms with Gasteiger partial charge in [-0.25, -0.2) is 4.79 Å². The molecule has 0 spiro atoms. The number of aliphatic carboxylic acids is 1. The van der Waals surface area contributed by atoms with E-state index in [1.807, 2.05) is 6.08 Å². The van der Waals surface area contributed by atoms with Crippen molar-refractivity contribution >= 4 is 17.8 Å². The molecule has 0 saturated carbocycles. The Morgan fingerprint density at radius 1 is 0.536 bits per heavy atom. The lowest BCUT2D eigenvalue weighted by atomic mass is 9.88. The Bertz CT molecular complexity index is 2040. The highest BCUT2D eigenvalue weighted by Crippen LogP contribution is 2.39. The highest BCUT2D eigenvalue weighted by molar-refractivity contribution is 5.77. The number of nitrogens with one attached hydrogen (secondary N) is 2. The molecule has 0 aromatic heterocycles. The lowest BCUT2D eigenvalue weighted by molar-refractivity contribution is -0.386. The maximum Gasteiger partial charge on any atom is 0.364 e. The van der Waals surface area contributed by atoms with E-state index < -0.39 is 155 Å². The first-order valence-corrected chi connectivity index (χ1v) is 38.2. The molecule has 3 fully saturated rings. The number of aliphatic hydroxyl groups excluding tert-OH is 11. The molecule has 23 nitrogen and oxygen atoms in total. The zero-order chi connectivity index (χ0) is 71.1. The number of rotatable bonds is 59. The molecule has 568 valence electrons. The summed E-state index contributed by atoms with van der Waals surface area (Å²) in [6, 6.07) is -2.62. The van der Waals surface area contributed by atoms with Crippen LogP contribution in [-0.4, -0.2) is 215 Å². The van der Waals surface area contributed by atoms with Crippen LogP contribution >= 0.6 is 0 Å². The van der Waals surface area contributed by atoms with Crippen molar-refractivity contribution in [2.24, 2.45) is 0 Å². The molecule has 18 atom stereocenters. The quantitative estimate of drug-likeness (QED) is 0.0200. The number of aliphatic hydroxyl groups is 11. The van der Waals surface area contributed by atoms with Gasteiger partial charge in [0.25, 0.3) is 5.79 Å². The van der Waals surface area contributed by atoms with E-state index in [9.17, 15) is 75.7 Å². The first-order chi connectivity index (χ1) is 46.9. The molecule has 3 aliphatic heterocycles. The van der Waals surface area contributed by atoms with Gasteiger partial charge in [0.2, 0.25) is 11.8 Å². The average Bonchev–Trinajstić information content (AvgIpc) is 0.757. The molecule has 2 amide bonds. The van der Waals surface area contributed by atoms with Crippen LogP contribution < -0.4 is 10.6 Å². The standard InChI is InChI=1S/C74H136N2O21/c1-4-6-8-10-12-14-16-18-20-22-24-26-28-30-32-34-36-38-40-42-44-46-48-61(84)76-55(56(81)47-45-43-41-39-37-35-33-31-29-27-25-23-21-19-17-15-13-11-9-7-5-2)53-92-71-66(88)65(87)68(60(52-79)94-71)95-72-67(89)70(64(86)59(51-78)93-72)97-74(73(90)91)49-57(82)62(75-54(3)80)69(96-74)63(85)58(83)50-77/h28,30,45,47,55-60,62-72,77-79,81-83,85-89H,4-27,29,31-44,46,48-53H2,1-3H3,(H,75,80)(H,76,84)(H,90,91)/b30-28-,47-45+. The fourth-order valence-corrected chi connectivity index (χ4v) is 13.3. The van der Waals surface area contributed by atoms with Crippen LogP contribution in [0, 0.1) is 0 Å². The van der Waals surface area contributed by atoms with Crippen LogP contribution in [0.15, 0.2) is 24.3 Å². The lowest BCUT2D eigenvalue weighted by Crippen LogP contribution is -2.70. The van der Waals surface area contributed by atoms with Crippen molar-refractivity contribution in [2.75, 3.05) is 26.4 Å². The van der Waals surface area contributed by atoms with E-state index >= 15 is 0 Å². The normalized spacial score (nSPS) is 27.5. The Morgan fingerprint density at radius 2 is 0.969 bits per heavy atom. The lowest BCUT2D eigenvalue weighted by Gasteiger charge is -2.50. The summed E-state index contributed by atoms with van der Waals surface area (Å²) in [5, 5.41) is 136. The summed E-state index contributed by atoms with van der Waals surface area (Å²) < 4.78 is 34.9. The number of hydrogen-bond donors (Lipinski definition) is 14. The predicted octanol–water partition coefficient (Wildman–Crippen LogP) is 8.79. The van der Waals surface area contributed by atoms with Crippen LogP contribution in [0.5, 0.6) is 0 Å². The Morgan fingerprint density at radius 3 is 1.40 bits per heavy atom. The molecule has 0 aromatic rings.